The van der Waals surface area contributed by atoms with Crippen molar-refractivity contribution in [2.75, 3.05) is 28.4 Å². The lowest BCUT2D eigenvalue weighted by atomic mass is 10.0. The topological polar surface area (TPSA) is 378 Å². The molecule has 110 heavy (non-hydrogen) atoms. The molecule has 0 saturated carbocycles. The van der Waals surface area contributed by atoms with Crippen LogP contribution in [0.1, 0.15) is 128 Å². The standard InChI is InChI=1S/C26H20Cl2N6O5.C26H20Cl2N2O6.C25H18Cl2N2O6/c1-12-3-2-4-16-20(12)25(37)34(24(16)36)15-7-5-13(6-8-15)9-19(26(38)39)29-23(35)21-17(27)10-14(11-18(21)28)22-30-32-33-31-22;1-2-36-20-8-3-5-16-21(20)25(33)30(24(16)32)15-11-9-14(10-12-15)13-19(26(34)35)29-23(31)22-17(27)6-4-7-18(22)28;1-35-19-7-2-4-15-20(19)24(32)29(23(15)31)14-10-8-13(9-11-14)12-18(25(33)34)28-22(30)21-16(26)5-3-6-17(21)27/h2-8,10-11,19,32-33H,9H2,1H3,(H,29,35)(H,30,31)(H,38,39);3-12,19H,2,13H2,1H3,(H,29,31)(H,34,35);2-11,18H,12H2,1H3,(H,28,30)(H,33,34)/t2*19-;18-/m000/s1. The smallest absolute Gasteiger partial charge is 0.326 e. The number of benzene rings is 9. The van der Waals surface area contributed by atoms with E-state index in [0.29, 0.717) is 79.9 Å². The van der Waals surface area contributed by atoms with Crippen molar-refractivity contribution in [2.24, 2.45) is 5.10 Å². The number of aliphatic carboxylic acids is 3. The number of carboxylic acid groups (broad SMARTS) is 3. The highest BCUT2D eigenvalue weighted by Crippen LogP contribution is 2.38. The van der Waals surface area contributed by atoms with Gasteiger partial charge in [0, 0.05) is 24.8 Å². The molecule has 0 radical (unpaired) electrons. The molecule has 0 bridgehead atoms. The average molecular weight is 1610 g/mol. The Morgan fingerprint density at radius 1 is 0.436 bits per heavy atom. The molecule has 9 aromatic carbocycles. The second-order valence-corrected chi connectivity index (χ2v) is 26.8. The predicted molar refractivity (Wildman–Crippen MR) is 408 cm³/mol. The van der Waals surface area contributed by atoms with Crippen molar-refractivity contribution < 1.29 is 82.3 Å². The van der Waals surface area contributed by atoms with E-state index >= 15 is 0 Å². The number of hydrazone groups is 1. The highest BCUT2D eigenvalue weighted by molar-refractivity contribution is 6.42. The molecular formula is C77H58Cl6N10O17. The minimum atomic E-state index is -1.31. The number of methoxy groups -OCH3 is 1. The molecule has 0 spiro atoms. The van der Waals surface area contributed by atoms with Gasteiger partial charge in [-0.25, -0.2) is 34.6 Å². The second kappa shape index (κ2) is 33.9. The van der Waals surface area contributed by atoms with Gasteiger partial charge in [-0.2, -0.15) is 0 Å². The molecule has 9 N–H and O–H groups in total. The fraction of sp³-hybridized carbons (Fsp3) is 0.130. The molecule has 27 nitrogen and oxygen atoms in total. The molecule has 13 rings (SSSR count). The SMILES string of the molecule is CCOc1cccc2c1C(=O)N(c1ccc(C[C@H](NC(=O)c3c(Cl)cccc3Cl)C(=O)O)cc1)C2=O.COc1cccc2c1C(=O)N(c1ccc(C[C@H](NC(=O)c3c(Cl)cccc3Cl)C(=O)O)cc1)C2=O.Cc1cccc2c1C(=O)N(c1ccc(C[C@H](NC(=O)c3c(Cl)cc(C4=NNNN4)cc3Cl)C(=O)O)cc1)C2=O. The van der Waals surface area contributed by atoms with E-state index in [0.717, 1.165) is 14.7 Å². The number of rotatable bonds is 22. The Hall–Kier alpha value is -12.2. The molecule has 4 aliphatic heterocycles. The summed E-state index contributed by atoms with van der Waals surface area (Å²) in [5, 5.41) is 40.7. The molecule has 9 aromatic rings. The van der Waals surface area contributed by atoms with Gasteiger partial charge in [-0.1, -0.05) is 142 Å². The number of hydrogen-bond donors (Lipinski definition) is 9. The monoisotopic (exact) mass is 1600 g/mol. The number of amidine groups is 1. The first-order valence-electron chi connectivity index (χ1n) is 32.9. The van der Waals surface area contributed by atoms with Crippen LogP contribution in [0.4, 0.5) is 17.1 Å². The van der Waals surface area contributed by atoms with Gasteiger partial charge in [0.1, 0.15) is 29.6 Å². The van der Waals surface area contributed by atoms with Gasteiger partial charge < -0.3 is 40.7 Å². The number of nitrogens with one attached hydrogen (secondary N) is 6. The van der Waals surface area contributed by atoms with Crippen LogP contribution in [0, 0.1) is 6.92 Å². The minimum absolute atomic E-state index is 0.0103. The number of hydrogen-bond acceptors (Lipinski definition) is 18. The number of anilines is 3. The Kier molecular flexibility index (Phi) is 24.3. The van der Waals surface area contributed by atoms with E-state index in [1.807, 2.05) is 0 Å². The van der Waals surface area contributed by atoms with Crippen LogP contribution in [-0.4, -0.2) is 124 Å². The number of imide groups is 3. The number of amides is 9. The number of ether oxygens (including phenoxy) is 2. The van der Waals surface area contributed by atoms with Crippen LogP contribution in [-0.2, 0) is 33.6 Å². The van der Waals surface area contributed by atoms with Crippen molar-refractivity contribution in [1.82, 2.24) is 32.4 Å². The van der Waals surface area contributed by atoms with Crippen molar-refractivity contribution in [3.05, 3.63) is 284 Å². The Morgan fingerprint density at radius 3 is 1.10 bits per heavy atom. The van der Waals surface area contributed by atoms with Gasteiger partial charge in [-0.3, -0.25) is 48.6 Å². The van der Waals surface area contributed by atoms with Gasteiger partial charge in [0.05, 0.1) is 111 Å². The van der Waals surface area contributed by atoms with Crippen LogP contribution in [0.25, 0.3) is 0 Å². The Bertz CT molecular complexity index is 5280. The van der Waals surface area contributed by atoms with E-state index < -0.39 is 89.2 Å². The van der Waals surface area contributed by atoms with Crippen LogP contribution < -0.4 is 56.6 Å². The molecule has 560 valence electrons. The van der Waals surface area contributed by atoms with Gasteiger partial charge in [-0.15, -0.1) is 10.6 Å². The average Bonchev–Trinajstić information content (AvgIpc) is 1.61. The Morgan fingerprint density at radius 2 is 0.764 bits per heavy atom. The maximum atomic E-state index is 13.0. The van der Waals surface area contributed by atoms with Crippen molar-refractivity contribution in [2.45, 2.75) is 51.2 Å². The molecule has 0 saturated heterocycles. The number of carbonyl (C=O) groups is 12. The summed E-state index contributed by atoms with van der Waals surface area (Å²) in [6.07, 6.45) is -0.187. The third-order valence-electron chi connectivity index (χ3n) is 17.4. The summed E-state index contributed by atoms with van der Waals surface area (Å²) >= 11 is 36.8. The zero-order chi connectivity index (χ0) is 79.1. The maximum absolute atomic E-state index is 13.0. The molecule has 9 amide bonds. The summed E-state index contributed by atoms with van der Waals surface area (Å²) in [6, 6.07) is 41.7. The van der Waals surface area contributed by atoms with Crippen molar-refractivity contribution >= 4 is 164 Å². The maximum Gasteiger partial charge on any atom is 0.326 e. The van der Waals surface area contributed by atoms with E-state index in [4.69, 9.17) is 79.1 Å². The lowest BCUT2D eigenvalue weighted by Gasteiger charge is -2.18. The molecule has 0 aliphatic carbocycles. The van der Waals surface area contributed by atoms with Gasteiger partial charge in [0.25, 0.3) is 53.2 Å². The molecule has 4 aliphatic rings. The first-order chi connectivity index (χ1) is 52.6. The normalized spacial score (nSPS) is 13.9. The summed E-state index contributed by atoms with van der Waals surface area (Å²) in [7, 11) is 1.42. The molecule has 33 heteroatoms. The van der Waals surface area contributed by atoms with E-state index in [9.17, 15) is 72.9 Å². The van der Waals surface area contributed by atoms with E-state index in [1.54, 1.807) is 141 Å². The first kappa shape index (κ1) is 78.8. The van der Waals surface area contributed by atoms with Crippen LogP contribution in [0.3, 0.4) is 0 Å². The van der Waals surface area contributed by atoms with Gasteiger partial charge in [-0.05, 0) is 139 Å². The van der Waals surface area contributed by atoms with Gasteiger partial charge in [0.15, 0.2) is 5.84 Å². The van der Waals surface area contributed by atoms with Crippen LogP contribution in [0.15, 0.2) is 181 Å². The van der Waals surface area contributed by atoms with Crippen molar-refractivity contribution in [3.8, 4) is 11.5 Å². The molecule has 0 aromatic heterocycles. The third-order valence-corrected chi connectivity index (χ3v) is 19.3. The number of aryl methyl sites for hydroxylation is 1. The molecule has 0 unspecified atom stereocenters. The summed E-state index contributed by atoms with van der Waals surface area (Å²) in [4.78, 5) is 155. The highest BCUT2D eigenvalue weighted by Gasteiger charge is 2.42. The summed E-state index contributed by atoms with van der Waals surface area (Å²) in [6.45, 7) is 3.89. The zero-order valence-corrected chi connectivity index (χ0v) is 62.0. The lowest BCUT2D eigenvalue weighted by molar-refractivity contribution is -0.140. The number of halogens is 6. The molecule has 4 heterocycles. The van der Waals surface area contributed by atoms with Gasteiger partial charge in [0.2, 0.25) is 0 Å². The second-order valence-electron chi connectivity index (χ2n) is 24.4. The summed E-state index contributed by atoms with van der Waals surface area (Å²) in [5.74, 6) is -7.74. The molecule has 0 fully saturated rings. The van der Waals surface area contributed by atoms with Crippen molar-refractivity contribution in [3.63, 3.8) is 0 Å². The summed E-state index contributed by atoms with van der Waals surface area (Å²) in [5.41, 5.74) is 13.2. The third kappa shape index (κ3) is 16.6. The van der Waals surface area contributed by atoms with E-state index in [1.165, 1.54) is 55.6 Å². The molecule has 3 atom stereocenters. The minimum Gasteiger partial charge on any atom is -0.496 e. The highest BCUT2D eigenvalue weighted by atomic mass is 35.5. The lowest BCUT2D eigenvalue weighted by Crippen LogP contribution is -2.42. The molecular weight excluding hydrogens is 1550 g/mol. The van der Waals surface area contributed by atoms with Crippen LogP contribution in [0.2, 0.25) is 30.1 Å². The van der Waals surface area contributed by atoms with Crippen LogP contribution in [0.5, 0.6) is 11.5 Å². The predicted octanol–water partition coefficient (Wildman–Crippen LogP) is 11.6. The Labute approximate surface area is 654 Å². The van der Waals surface area contributed by atoms with Gasteiger partial charge >= 0.3 is 17.9 Å². The van der Waals surface area contributed by atoms with Crippen molar-refractivity contribution in [1.29, 1.82) is 0 Å². The van der Waals surface area contributed by atoms with E-state index in [-0.39, 0.29) is 88.3 Å². The largest absolute Gasteiger partial charge is 0.496 e. The fourth-order valence-electron chi connectivity index (χ4n) is 12.1. The summed E-state index contributed by atoms with van der Waals surface area (Å²) < 4.78 is 10.7. The quantitative estimate of drug-likeness (QED) is 0.0285. The Balaban J connectivity index is 0.000000164. The first-order valence-corrected chi connectivity index (χ1v) is 35.2. The van der Waals surface area contributed by atoms with Crippen LogP contribution >= 0.6 is 69.6 Å². The number of fused-ring (bicyclic) bond motifs is 3. The number of carbonyl (C=O) groups excluding carboxylic acids is 9. The number of carboxylic acids is 3. The van der Waals surface area contributed by atoms with E-state index in [2.05, 4.69) is 37.5 Å². The number of nitrogens with zero attached hydrogens (tertiary/aromatic N) is 4. The zero-order valence-electron chi connectivity index (χ0n) is 57.4. The number of hydrazine groups is 2. The fourth-order valence-corrected chi connectivity index (χ4v) is 13.9.